The van der Waals surface area contributed by atoms with Crippen LogP contribution in [0.15, 0.2) is 40.5 Å². The quantitative estimate of drug-likeness (QED) is 0.498. The Morgan fingerprint density at radius 1 is 1.16 bits per heavy atom. The van der Waals surface area contributed by atoms with Gasteiger partial charge in [0.2, 0.25) is 0 Å². The molecule has 37 heavy (non-hydrogen) atoms. The molecule has 11 heteroatoms. The van der Waals surface area contributed by atoms with Crippen molar-refractivity contribution in [3.8, 4) is 0 Å². The summed E-state index contributed by atoms with van der Waals surface area (Å²) in [6.45, 7) is 6.41. The summed E-state index contributed by atoms with van der Waals surface area (Å²) in [4.78, 5) is 24.1. The zero-order valence-electron chi connectivity index (χ0n) is 20.9. The summed E-state index contributed by atoms with van der Waals surface area (Å²) in [6, 6.07) is 5.93. The number of nitrogens with two attached hydrogens (primary N) is 1. The lowest BCUT2D eigenvalue weighted by Gasteiger charge is -2.41. The summed E-state index contributed by atoms with van der Waals surface area (Å²) in [5.41, 5.74) is 7.93. The van der Waals surface area contributed by atoms with Crippen molar-refractivity contribution in [3.63, 3.8) is 0 Å². The Kier molecular flexibility index (Phi) is 6.87. The molecule has 3 saturated heterocycles. The molecule has 0 aromatic carbocycles. The van der Waals surface area contributed by atoms with Crippen LogP contribution >= 0.6 is 23.4 Å². The van der Waals surface area contributed by atoms with Gasteiger partial charge in [0.05, 0.1) is 23.9 Å². The van der Waals surface area contributed by atoms with Gasteiger partial charge in [-0.2, -0.15) is 0 Å². The molecule has 0 amide bonds. The lowest BCUT2D eigenvalue weighted by atomic mass is 9.73. The van der Waals surface area contributed by atoms with E-state index in [0.29, 0.717) is 10.7 Å². The van der Waals surface area contributed by atoms with E-state index >= 15 is 0 Å². The van der Waals surface area contributed by atoms with Crippen molar-refractivity contribution in [1.82, 2.24) is 19.9 Å². The highest BCUT2D eigenvalue weighted by Crippen LogP contribution is 2.42. The van der Waals surface area contributed by atoms with Gasteiger partial charge in [-0.05, 0) is 44.4 Å². The van der Waals surface area contributed by atoms with Crippen molar-refractivity contribution in [3.05, 3.63) is 35.6 Å². The van der Waals surface area contributed by atoms with Crippen LogP contribution in [0.25, 0.3) is 11.2 Å². The third kappa shape index (κ3) is 4.74. The van der Waals surface area contributed by atoms with Crippen molar-refractivity contribution in [1.29, 1.82) is 0 Å². The minimum atomic E-state index is 0.0806. The van der Waals surface area contributed by atoms with Gasteiger partial charge in [-0.1, -0.05) is 23.4 Å². The normalized spacial score (nSPS) is 25.5. The molecule has 0 radical (unpaired) electrons. The Morgan fingerprint density at radius 2 is 2.00 bits per heavy atom. The number of halogens is 1. The summed E-state index contributed by atoms with van der Waals surface area (Å²) in [7, 11) is 0. The summed E-state index contributed by atoms with van der Waals surface area (Å²) in [6.07, 6.45) is 6.66. The molecule has 0 saturated carbocycles. The number of hydrogen-bond acceptors (Lipinski definition) is 10. The molecule has 3 N–H and O–H groups in total. The Morgan fingerprint density at radius 3 is 2.73 bits per heavy atom. The number of nitrogens with zero attached hydrogens (tertiary/aromatic N) is 6. The third-order valence-corrected chi connectivity index (χ3v) is 9.67. The summed E-state index contributed by atoms with van der Waals surface area (Å²) >= 11 is 8.24. The second-order valence-corrected chi connectivity index (χ2v) is 11.9. The van der Waals surface area contributed by atoms with E-state index in [1.165, 1.54) is 11.8 Å². The average molecular weight is 542 g/mol. The predicted octanol–water partition coefficient (Wildman–Crippen LogP) is 3.38. The minimum absolute atomic E-state index is 0.0806. The Bertz CT molecular complexity index is 1290. The average Bonchev–Trinajstić information content (AvgIpc) is 3.51. The fraction of sp³-hybridized carbons (Fsp3) is 0.538. The summed E-state index contributed by atoms with van der Waals surface area (Å²) in [5, 5.41) is 10.9. The maximum absolute atomic E-state index is 9.47. The lowest BCUT2D eigenvalue weighted by Crippen LogP contribution is -2.50. The van der Waals surface area contributed by atoms with Crippen LogP contribution in [0, 0.1) is 11.3 Å². The number of aliphatic hydroxyl groups is 1. The van der Waals surface area contributed by atoms with Crippen molar-refractivity contribution in [2.75, 3.05) is 49.2 Å². The molecule has 3 aliphatic rings. The number of aromatic nitrogens is 4. The fourth-order valence-corrected chi connectivity index (χ4v) is 6.89. The number of anilines is 2. The molecule has 0 bridgehead atoms. The maximum Gasteiger partial charge on any atom is 0.179 e. The molecule has 3 aromatic rings. The largest absolute Gasteiger partial charge is 0.396 e. The standard InChI is InChI=1S/C26H32ClN7O2S/c1-16-23(28)26(15-36-16)6-10-33(11-7-26)20-12-30-24-18(31-20)2-3-21(32-24)37-19-4-8-29-25(22(19)27)34-9-5-17(13-34)14-35/h2-4,8,12,16-17,23,35H,5-7,9-11,13-15,28H2,1H3/t16-,17+,23+/m0/s1. The number of piperidine rings is 1. The van der Waals surface area contributed by atoms with Gasteiger partial charge in [-0.15, -0.1) is 0 Å². The van der Waals surface area contributed by atoms with E-state index < -0.39 is 0 Å². The molecule has 0 aliphatic carbocycles. The molecule has 3 aliphatic heterocycles. The van der Waals surface area contributed by atoms with Gasteiger partial charge in [0.15, 0.2) is 5.65 Å². The molecule has 3 atom stereocenters. The Labute approximate surface area is 225 Å². The number of rotatable bonds is 5. The van der Waals surface area contributed by atoms with Gasteiger partial charge in [0, 0.05) is 61.3 Å². The molecule has 196 valence electrons. The van der Waals surface area contributed by atoms with Crippen molar-refractivity contribution in [2.45, 2.75) is 48.3 Å². The first-order chi connectivity index (χ1) is 18.0. The number of aliphatic hydroxyl groups excluding tert-OH is 1. The lowest BCUT2D eigenvalue weighted by molar-refractivity contribution is 0.0974. The van der Waals surface area contributed by atoms with E-state index in [9.17, 15) is 5.11 Å². The van der Waals surface area contributed by atoms with E-state index in [1.54, 1.807) is 6.20 Å². The van der Waals surface area contributed by atoms with Gasteiger partial charge in [-0.3, -0.25) is 0 Å². The first kappa shape index (κ1) is 25.1. The fourth-order valence-electron chi connectivity index (χ4n) is 5.74. The van der Waals surface area contributed by atoms with Crippen LogP contribution in [-0.2, 0) is 4.74 Å². The van der Waals surface area contributed by atoms with Crippen LogP contribution in [0.1, 0.15) is 26.2 Å². The molecule has 6 rings (SSSR count). The molecular weight excluding hydrogens is 510 g/mol. The van der Waals surface area contributed by atoms with Crippen LogP contribution < -0.4 is 15.5 Å². The molecule has 3 fully saturated rings. The summed E-state index contributed by atoms with van der Waals surface area (Å²) in [5.74, 6) is 1.90. The Balaban J connectivity index is 1.16. The maximum atomic E-state index is 9.47. The third-order valence-electron chi connectivity index (χ3n) is 8.19. The zero-order valence-corrected chi connectivity index (χ0v) is 22.5. The first-order valence-corrected chi connectivity index (χ1v) is 14.1. The zero-order chi connectivity index (χ0) is 25.6. The second kappa shape index (κ2) is 10.1. The van der Waals surface area contributed by atoms with E-state index in [2.05, 4.69) is 26.7 Å². The molecule has 6 heterocycles. The highest BCUT2D eigenvalue weighted by molar-refractivity contribution is 7.99. The molecule has 1 spiro atoms. The van der Waals surface area contributed by atoms with Gasteiger partial charge >= 0.3 is 0 Å². The molecule has 0 unspecified atom stereocenters. The summed E-state index contributed by atoms with van der Waals surface area (Å²) < 4.78 is 5.85. The molecule has 3 aromatic heterocycles. The van der Waals surface area contributed by atoms with Gasteiger partial charge < -0.3 is 25.4 Å². The van der Waals surface area contributed by atoms with Gasteiger partial charge in [0.1, 0.15) is 22.2 Å². The van der Waals surface area contributed by atoms with E-state index in [1.807, 2.05) is 24.4 Å². The second-order valence-electron chi connectivity index (χ2n) is 10.4. The Hall–Kier alpha value is -2.24. The number of fused-ring (bicyclic) bond motifs is 1. The SMILES string of the molecule is C[C@@H]1OCC2(CCN(c3cnc4nc(Sc5ccnc(N6CC[C@@H](CO)C6)c5Cl)ccc4n3)CC2)[C@@H]1N. The van der Waals surface area contributed by atoms with Crippen molar-refractivity contribution >= 4 is 46.2 Å². The van der Waals surface area contributed by atoms with Crippen molar-refractivity contribution < 1.29 is 9.84 Å². The first-order valence-electron chi connectivity index (χ1n) is 12.9. The van der Waals surface area contributed by atoms with E-state index in [-0.39, 0.29) is 30.1 Å². The van der Waals surface area contributed by atoms with E-state index in [0.717, 1.165) is 79.1 Å². The number of ether oxygens (including phenoxy) is 1. The highest BCUT2D eigenvalue weighted by atomic mass is 35.5. The van der Waals surface area contributed by atoms with Crippen LogP contribution in [0.3, 0.4) is 0 Å². The number of pyridine rings is 2. The molecule has 9 nitrogen and oxygen atoms in total. The highest BCUT2D eigenvalue weighted by Gasteiger charge is 2.47. The van der Waals surface area contributed by atoms with E-state index in [4.69, 9.17) is 32.0 Å². The van der Waals surface area contributed by atoms with Crippen LogP contribution in [-0.4, -0.2) is 76.6 Å². The molecular formula is C26H32ClN7O2S. The van der Waals surface area contributed by atoms with Crippen LogP contribution in [0.4, 0.5) is 11.6 Å². The van der Waals surface area contributed by atoms with Gasteiger partial charge in [0.25, 0.3) is 0 Å². The predicted molar refractivity (Wildman–Crippen MR) is 145 cm³/mol. The monoisotopic (exact) mass is 541 g/mol. The van der Waals surface area contributed by atoms with Gasteiger partial charge in [-0.25, -0.2) is 19.9 Å². The van der Waals surface area contributed by atoms with Crippen LogP contribution in [0.5, 0.6) is 0 Å². The number of hydrogen-bond donors (Lipinski definition) is 2. The smallest absolute Gasteiger partial charge is 0.179 e. The van der Waals surface area contributed by atoms with Crippen molar-refractivity contribution in [2.24, 2.45) is 17.1 Å². The minimum Gasteiger partial charge on any atom is -0.396 e. The van der Waals surface area contributed by atoms with Crippen LogP contribution in [0.2, 0.25) is 5.02 Å². The topological polar surface area (TPSA) is 114 Å².